The molecule has 6 nitrogen and oxygen atoms in total. The fourth-order valence-electron chi connectivity index (χ4n) is 1.91. The summed E-state index contributed by atoms with van der Waals surface area (Å²) in [7, 11) is 0. The topological polar surface area (TPSA) is 79.0 Å². The Labute approximate surface area is 124 Å². The van der Waals surface area contributed by atoms with Crippen LogP contribution >= 0.6 is 0 Å². The van der Waals surface area contributed by atoms with Gasteiger partial charge in [0.15, 0.2) is 0 Å². The van der Waals surface area contributed by atoms with E-state index in [0.717, 1.165) is 16.6 Å². The number of hydrogen-bond donors (Lipinski definition) is 3. The molecule has 0 aliphatic carbocycles. The van der Waals surface area contributed by atoms with Crippen molar-refractivity contribution in [3.63, 3.8) is 0 Å². The average Bonchev–Trinajstić information content (AvgIpc) is 2.81. The molecule has 1 amide bonds. The maximum absolute atomic E-state index is 11.6. The number of H-pyrrole nitrogens is 1. The zero-order valence-corrected chi connectivity index (χ0v) is 12.9. The molecule has 3 N–H and O–H groups in total. The molecule has 114 valence electrons. The summed E-state index contributed by atoms with van der Waals surface area (Å²) in [4.78, 5) is 11.6. The van der Waals surface area contributed by atoms with Crippen LogP contribution in [-0.4, -0.2) is 34.5 Å². The number of hydrogen-bond acceptors (Lipinski definition) is 4. The highest BCUT2D eigenvalue weighted by molar-refractivity contribution is 5.81. The molecule has 0 aliphatic rings. The summed E-state index contributed by atoms with van der Waals surface area (Å²) in [5.41, 5.74) is 1.48. The van der Waals surface area contributed by atoms with Crippen LogP contribution in [0, 0.1) is 0 Å². The Morgan fingerprint density at radius 2 is 2.19 bits per heavy atom. The fourth-order valence-corrected chi connectivity index (χ4v) is 1.91. The minimum Gasteiger partial charge on any atom is -0.444 e. The quantitative estimate of drug-likeness (QED) is 0.809. The van der Waals surface area contributed by atoms with Gasteiger partial charge in [-0.2, -0.15) is 5.10 Å². The van der Waals surface area contributed by atoms with Crippen molar-refractivity contribution in [2.45, 2.75) is 39.3 Å². The van der Waals surface area contributed by atoms with Gasteiger partial charge in [-0.05, 0) is 45.9 Å². The summed E-state index contributed by atoms with van der Waals surface area (Å²) in [6.07, 6.45) is 1.38. The lowest BCUT2D eigenvalue weighted by Crippen LogP contribution is -2.38. The van der Waals surface area contributed by atoms with Crippen LogP contribution in [0.25, 0.3) is 10.9 Å². The SMILES string of the molecule is CC(CNC(=O)OC(C)(C)C)Nc1ccc2cn[nH]c2c1. The number of nitrogens with zero attached hydrogens (tertiary/aromatic N) is 1. The van der Waals surface area contributed by atoms with Crippen molar-refractivity contribution in [2.75, 3.05) is 11.9 Å². The first-order valence-corrected chi connectivity index (χ1v) is 7.00. The van der Waals surface area contributed by atoms with Crippen molar-refractivity contribution in [1.82, 2.24) is 15.5 Å². The molecule has 0 spiro atoms. The number of ether oxygens (including phenoxy) is 1. The molecule has 0 saturated carbocycles. The van der Waals surface area contributed by atoms with Crippen LogP contribution in [0.5, 0.6) is 0 Å². The highest BCUT2D eigenvalue weighted by atomic mass is 16.6. The Morgan fingerprint density at radius 3 is 2.90 bits per heavy atom. The van der Waals surface area contributed by atoms with Gasteiger partial charge in [0.05, 0.1) is 11.7 Å². The first-order valence-electron chi connectivity index (χ1n) is 7.00. The van der Waals surface area contributed by atoms with E-state index in [1.165, 1.54) is 0 Å². The average molecular weight is 290 g/mol. The van der Waals surface area contributed by atoms with Crippen LogP contribution in [0.4, 0.5) is 10.5 Å². The second-order valence-electron chi connectivity index (χ2n) is 6.10. The number of amides is 1. The maximum Gasteiger partial charge on any atom is 0.407 e. The van der Waals surface area contributed by atoms with Gasteiger partial charge in [-0.1, -0.05) is 0 Å². The summed E-state index contributed by atoms with van der Waals surface area (Å²) >= 11 is 0. The van der Waals surface area contributed by atoms with Gasteiger partial charge < -0.3 is 15.4 Å². The number of benzene rings is 1. The fraction of sp³-hybridized carbons (Fsp3) is 0.467. The first-order chi connectivity index (χ1) is 9.83. The predicted molar refractivity (Wildman–Crippen MR) is 83.4 cm³/mol. The number of nitrogens with one attached hydrogen (secondary N) is 3. The summed E-state index contributed by atoms with van der Waals surface area (Å²) in [6.45, 7) is 8.00. The van der Waals surface area contributed by atoms with E-state index in [2.05, 4.69) is 20.8 Å². The van der Waals surface area contributed by atoms with Crippen molar-refractivity contribution in [1.29, 1.82) is 0 Å². The number of aromatic nitrogens is 2. The molecule has 0 bridgehead atoms. The molecule has 1 unspecified atom stereocenters. The number of carbonyl (C=O) groups excluding carboxylic acids is 1. The second-order valence-corrected chi connectivity index (χ2v) is 6.10. The third-order valence-corrected chi connectivity index (χ3v) is 2.81. The molecule has 2 rings (SSSR count). The predicted octanol–water partition coefficient (Wildman–Crippen LogP) is 2.89. The zero-order valence-electron chi connectivity index (χ0n) is 12.9. The van der Waals surface area contributed by atoms with Gasteiger partial charge in [0.1, 0.15) is 5.60 Å². The Hall–Kier alpha value is -2.24. The molecule has 1 atom stereocenters. The number of rotatable bonds is 4. The molecule has 0 fully saturated rings. The normalized spacial score (nSPS) is 13.0. The molecule has 1 aromatic carbocycles. The smallest absolute Gasteiger partial charge is 0.407 e. The van der Waals surface area contributed by atoms with Crippen LogP contribution in [0.3, 0.4) is 0 Å². The number of anilines is 1. The molecule has 0 radical (unpaired) electrons. The highest BCUT2D eigenvalue weighted by Crippen LogP contribution is 2.17. The van der Waals surface area contributed by atoms with E-state index in [4.69, 9.17) is 4.74 Å². The largest absolute Gasteiger partial charge is 0.444 e. The lowest BCUT2D eigenvalue weighted by molar-refractivity contribution is 0.0526. The van der Waals surface area contributed by atoms with Crippen molar-refractivity contribution in [3.05, 3.63) is 24.4 Å². The summed E-state index contributed by atoms with van der Waals surface area (Å²) < 4.78 is 5.19. The van der Waals surface area contributed by atoms with Crippen LogP contribution in [0.15, 0.2) is 24.4 Å². The third kappa shape index (κ3) is 4.66. The van der Waals surface area contributed by atoms with Crippen molar-refractivity contribution in [2.24, 2.45) is 0 Å². The molecule has 2 aromatic rings. The van der Waals surface area contributed by atoms with Crippen LogP contribution in [-0.2, 0) is 4.74 Å². The van der Waals surface area contributed by atoms with E-state index in [1.807, 2.05) is 45.9 Å². The standard InChI is InChI=1S/C15H22N4O2/c1-10(8-16-14(20)21-15(2,3)4)18-12-6-5-11-9-17-19-13(11)7-12/h5-7,9-10,18H,8H2,1-4H3,(H,16,20)(H,17,19). The molecule has 21 heavy (non-hydrogen) atoms. The number of fused-ring (bicyclic) bond motifs is 1. The van der Waals surface area contributed by atoms with Crippen LogP contribution < -0.4 is 10.6 Å². The molecule has 6 heteroatoms. The van der Waals surface area contributed by atoms with Gasteiger partial charge in [0.2, 0.25) is 0 Å². The van der Waals surface area contributed by atoms with Crippen molar-refractivity contribution >= 4 is 22.7 Å². The third-order valence-electron chi connectivity index (χ3n) is 2.81. The van der Waals surface area contributed by atoms with Gasteiger partial charge in [0.25, 0.3) is 0 Å². The Kier molecular flexibility index (Phi) is 4.35. The summed E-state index contributed by atoms with van der Waals surface area (Å²) in [5.74, 6) is 0. The number of alkyl carbamates (subject to hydrolysis) is 1. The van der Waals surface area contributed by atoms with Crippen LogP contribution in [0.2, 0.25) is 0 Å². The van der Waals surface area contributed by atoms with Crippen molar-refractivity contribution in [3.8, 4) is 0 Å². The minimum atomic E-state index is -0.480. The van der Waals surface area contributed by atoms with Gasteiger partial charge >= 0.3 is 6.09 Å². The highest BCUT2D eigenvalue weighted by Gasteiger charge is 2.16. The van der Waals surface area contributed by atoms with Crippen LogP contribution in [0.1, 0.15) is 27.7 Å². The molecular weight excluding hydrogens is 268 g/mol. The Bertz CT molecular complexity index is 615. The zero-order chi connectivity index (χ0) is 15.5. The van der Waals surface area contributed by atoms with E-state index in [1.54, 1.807) is 6.20 Å². The second kappa shape index (κ2) is 6.03. The lowest BCUT2D eigenvalue weighted by Gasteiger charge is -2.21. The maximum atomic E-state index is 11.6. The molecule has 1 heterocycles. The van der Waals surface area contributed by atoms with Gasteiger partial charge in [0, 0.05) is 23.7 Å². The Balaban J connectivity index is 1.84. The van der Waals surface area contributed by atoms with Crippen molar-refractivity contribution < 1.29 is 9.53 Å². The van der Waals surface area contributed by atoms with Gasteiger partial charge in [-0.25, -0.2) is 4.79 Å². The number of carbonyl (C=O) groups is 1. The molecule has 0 saturated heterocycles. The van der Waals surface area contributed by atoms with Gasteiger partial charge in [-0.15, -0.1) is 0 Å². The summed E-state index contributed by atoms with van der Waals surface area (Å²) in [5, 5.41) is 14.1. The van der Waals surface area contributed by atoms with E-state index in [0.29, 0.717) is 6.54 Å². The lowest BCUT2D eigenvalue weighted by atomic mass is 10.2. The minimum absolute atomic E-state index is 0.0814. The summed E-state index contributed by atoms with van der Waals surface area (Å²) in [6, 6.07) is 6.06. The van der Waals surface area contributed by atoms with E-state index < -0.39 is 11.7 Å². The first kappa shape index (κ1) is 15.2. The molecule has 0 aliphatic heterocycles. The monoisotopic (exact) mass is 290 g/mol. The molecular formula is C15H22N4O2. The van der Waals surface area contributed by atoms with E-state index in [9.17, 15) is 4.79 Å². The van der Waals surface area contributed by atoms with E-state index in [-0.39, 0.29) is 6.04 Å². The van der Waals surface area contributed by atoms with E-state index >= 15 is 0 Å². The van der Waals surface area contributed by atoms with Gasteiger partial charge in [-0.3, -0.25) is 5.10 Å². The number of aromatic amines is 1. The molecule has 1 aromatic heterocycles. The Morgan fingerprint density at radius 1 is 1.43 bits per heavy atom.